The normalized spacial score (nSPS) is 12.3. The fourth-order valence-electron chi connectivity index (χ4n) is 1.95. The van der Waals surface area contributed by atoms with Crippen LogP contribution in [-0.4, -0.2) is 18.2 Å². The first-order valence-electron chi connectivity index (χ1n) is 6.54. The van der Waals surface area contributed by atoms with E-state index in [1.807, 2.05) is 48.5 Å². The minimum absolute atomic E-state index is 0.488. The summed E-state index contributed by atoms with van der Waals surface area (Å²) in [5, 5.41) is 14.1. The van der Waals surface area contributed by atoms with Crippen LogP contribution >= 0.6 is 27.5 Å². The highest BCUT2D eigenvalue weighted by Gasteiger charge is 2.06. The van der Waals surface area contributed by atoms with Crippen molar-refractivity contribution >= 4 is 27.5 Å². The van der Waals surface area contributed by atoms with Gasteiger partial charge in [-0.15, -0.1) is 0 Å². The highest BCUT2D eigenvalue weighted by atomic mass is 79.9. The third kappa shape index (κ3) is 4.91. The standard InChI is InChI=1S/C16H17BrClNO/c17-14-3-1-2-13(10-14)16(20)11-19-9-8-12-4-6-15(18)7-5-12/h1-7,10,16,19-20H,8-9,11H2. The zero-order valence-electron chi connectivity index (χ0n) is 11.0. The molecule has 2 nitrogen and oxygen atoms in total. The maximum Gasteiger partial charge on any atom is 0.0914 e. The summed E-state index contributed by atoms with van der Waals surface area (Å²) in [5.41, 5.74) is 2.15. The Kier molecular flexibility index (Phi) is 6.05. The maximum absolute atomic E-state index is 10.1. The molecule has 1 atom stereocenters. The summed E-state index contributed by atoms with van der Waals surface area (Å²) in [4.78, 5) is 0. The Morgan fingerprint density at radius 1 is 1.15 bits per heavy atom. The molecule has 2 rings (SSSR count). The second kappa shape index (κ2) is 7.79. The molecule has 0 amide bonds. The molecule has 106 valence electrons. The SMILES string of the molecule is OC(CNCCc1ccc(Cl)cc1)c1cccc(Br)c1. The molecule has 0 heterocycles. The van der Waals surface area contributed by atoms with Crippen LogP contribution in [0.3, 0.4) is 0 Å². The largest absolute Gasteiger partial charge is 0.387 e. The van der Waals surface area contributed by atoms with Gasteiger partial charge in [0.15, 0.2) is 0 Å². The van der Waals surface area contributed by atoms with E-state index in [2.05, 4.69) is 21.2 Å². The molecular formula is C16H17BrClNO. The van der Waals surface area contributed by atoms with Gasteiger partial charge in [-0.1, -0.05) is 51.8 Å². The van der Waals surface area contributed by atoms with Crippen LogP contribution in [0.1, 0.15) is 17.2 Å². The zero-order chi connectivity index (χ0) is 14.4. The van der Waals surface area contributed by atoms with Crippen molar-refractivity contribution in [3.8, 4) is 0 Å². The number of rotatable bonds is 6. The van der Waals surface area contributed by atoms with E-state index in [1.54, 1.807) is 0 Å². The number of benzene rings is 2. The van der Waals surface area contributed by atoms with E-state index >= 15 is 0 Å². The highest BCUT2D eigenvalue weighted by molar-refractivity contribution is 9.10. The molecule has 0 radical (unpaired) electrons. The van der Waals surface area contributed by atoms with Crippen molar-refractivity contribution in [3.63, 3.8) is 0 Å². The first kappa shape index (κ1) is 15.5. The van der Waals surface area contributed by atoms with Gasteiger partial charge in [0.25, 0.3) is 0 Å². The molecule has 2 N–H and O–H groups in total. The minimum Gasteiger partial charge on any atom is -0.387 e. The van der Waals surface area contributed by atoms with Crippen molar-refractivity contribution in [1.82, 2.24) is 5.32 Å². The summed E-state index contributed by atoms with van der Waals surface area (Å²) >= 11 is 9.25. The number of hydrogen-bond donors (Lipinski definition) is 2. The van der Waals surface area contributed by atoms with Crippen molar-refractivity contribution < 1.29 is 5.11 Å². The van der Waals surface area contributed by atoms with Gasteiger partial charge in [-0.25, -0.2) is 0 Å². The van der Waals surface area contributed by atoms with Gasteiger partial charge < -0.3 is 10.4 Å². The van der Waals surface area contributed by atoms with Gasteiger partial charge >= 0.3 is 0 Å². The molecule has 0 aliphatic rings. The molecule has 4 heteroatoms. The van der Waals surface area contributed by atoms with Crippen molar-refractivity contribution in [3.05, 3.63) is 69.2 Å². The lowest BCUT2D eigenvalue weighted by Gasteiger charge is -2.12. The molecule has 0 aliphatic carbocycles. The number of aliphatic hydroxyl groups is 1. The van der Waals surface area contributed by atoms with E-state index in [0.29, 0.717) is 6.54 Å². The molecule has 0 aromatic heterocycles. The molecule has 0 fully saturated rings. The second-order valence-electron chi connectivity index (χ2n) is 4.65. The van der Waals surface area contributed by atoms with Crippen molar-refractivity contribution in [2.24, 2.45) is 0 Å². The van der Waals surface area contributed by atoms with Gasteiger partial charge in [0.1, 0.15) is 0 Å². The summed E-state index contributed by atoms with van der Waals surface area (Å²) < 4.78 is 0.982. The lowest BCUT2D eigenvalue weighted by Crippen LogP contribution is -2.23. The van der Waals surface area contributed by atoms with Gasteiger partial charge in [-0.05, 0) is 48.4 Å². The van der Waals surface area contributed by atoms with Crippen LogP contribution in [0, 0.1) is 0 Å². The maximum atomic E-state index is 10.1. The minimum atomic E-state index is -0.488. The van der Waals surface area contributed by atoms with E-state index in [1.165, 1.54) is 5.56 Å². The Morgan fingerprint density at radius 3 is 2.60 bits per heavy atom. The van der Waals surface area contributed by atoms with Crippen LogP contribution in [0.25, 0.3) is 0 Å². The van der Waals surface area contributed by atoms with Crippen LogP contribution in [0.2, 0.25) is 5.02 Å². The first-order valence-corrected chi connectivity index (χ1v) is 7.71. The number of aliphatic hydroxyl groups excluding tert-OH is 1. The van der Waals surface area contributed by atoms with Gasteiger partial charge in [-0.3, -0.25) is 0 Å². The average molecular weight is 355 g/mol. The second-order valence-corrected chi connectivity index (χ2v) is 6.00. The Morgan fingerprint density at radius 2 is 1.90 bits per heavy atom. The highest BCUT2D eigenvalue weighted by Crippen LogP contribution is 2.17. The van der Waals surface area contributed by atoms with E-state index in [0.717, 1.165) is 28.0 Å². The van der Waals surface area contributed by atoms with Crippen LogP contribution in [0.4, 0.5) is 0 Å². The molecule has 0 aliphatic heterocycles. The third-order valence-electron chi connectivity index (χ3n) is 3.07. The Labute approximate surface area is 132 Å². The fraction of sp³-hybridized carbons (Fsp3) is 0.250. The average Bonchev–Trinajstić information content (AvgIpc) is 2.45. The molecule has 20 heavy (non-hydrogen) atoms. The predicted molar refractivity (Wildman–Crippen MR) is 87.1 cm³/mol. The number of hydrogen-bond acceptors (Lipinski definition) is 2. The van der Waals surface area contributed by atoms with Crippen LogP contribution < -0.4 is 5.32 Å². The van der Waals surface area contributed by atoms with Crippen molar-refractivity contribution in [2.45, 2.75) is 12.5 Å². The third-order valence-corrected chi connectivity index (χ3v) is 3.82. The van der Waals surface area contributed by atoms with E-state index in [-0.39, 0.29) is 0 Å². The van der Waals surface area contributed by atoms with Crippen LogP contribution in [-0.2, 0) is 6.42 Å². The Balaban J connectivity index is 1.74. The monoisotopic (exact) mass is 353 g/mol. The summed E-state index contributed by atoms with van der Waals surface area (Å²) in [6.45, 7) is 1.37. The van der Waals surface area contributed by atoms with Crippen LogP contribution in [0.5, 0.6) is 0 Å². The lowest BCUT2D eigenvalue weighted by molar-refractivity contribution is 0.175. The smallest absolute Gasteiger partial charge is 0.0914 e. The van der Waals surface area contributed by atoms with E-state index < -0.39 is 6.10 Å². The van der Waals surface area contributed by atoms with Crippen LogP contribution in [0.15, 0.2) is 53.0 Å². The first-order chi connectivity index (χ1) is 9.65. The number of nitrogens with one attached hydrogen (secondary N) is 1. The fourth-order valence-corrected chi connectivity index (χ4v) is 2.50. The van der Waals surface area contributed by atoms with Crippen molar-refractivity contribution in [1.29, 1.82) is 0 Å². The van der Waals surface area contributed by atoms with Gasteiger partial charge in [0, 0.05) is 16.0 Å². The van der Waals surface area contributed by atoms with E-state index in [9.17, 15) is 5.11 Å². The summed E-state index contributed by atoms with van der Waals surface area (Å²) in [6.07, 6.45) is 0.431. The molecule has 1 unspecified atom stereocenters. The summed E-state index contributed by atoms with van der Waals surface area (Å²) in [5.74, 6) is 0. The lowest BCUT2D eigenvalue weighted by atomic mass is 10.1. The van der Waals surface area contributed by atoms with Gasteiger partial charge in [0.05, 0.1) is 6.10 Å². The Hall–Kier alpha value is -0.870. The van der Waals surface area contributed by atoms with Crippen molar-refractivity contribution in [2.75, 3.05) is 13.1 Å². The molecule has 0 spiro atoms. The van der Waals surface area contributed by atoms with Gasteiger partial charge in [0.2, 0.25) is 0 Å². The summed E-state index contributed by atoms with van der Waals surface area (Å²) in [6, 6.07) is 15.6. The molecule has 0 saturated heterocycles. The van der Waals surface area contributed by atoms with E-state index in [4.69, 9.17) is 11.6 Å². The zero-order valence-corrected chi connectivity index (χ0v) is 13.4. The summed E-state index contributed by atoms with van der Waals surface area (Å²) in [7, 11) is 0. The Bertz CT molecular complexity index is 544. The quantitative estimate of drug-likeness (QED) is 0.769. The predicted octanol–water partition coefficient (Wildman–Crippen LogP) is 3.97. The molecule has 0 saturated carbocycles. The molecular weight excluding hydrogens is 338 g/mol. The molecule has 0 bridgehead atoms. The van der Waals surface area contributed by atoms with Gasteiger partial charge in [-0.2, -0.15) is 0 Å². The number of halogens is 2. The molecule has 2 aromatic rings. The topological polar surface area (TPSA) is 32.3 Å². The molecule has 2 aromatic carbocycles.